The molecule has 42 heavy (non-hydrogen) atoms. The van der Waals surface area contributed by atoms with Gasteiger partial charge in [0.05, 0.1) is 13.7 Å². The molecule has 0 saturated heterocycles. The predicted molar refractivity (Wildman–Crippen MR) is 163 cm³/mol. The fourth-order valence-corrected chi connectivity index (χ4v) is 5.76. The smallest absolute Gasteiger partial charge is 0.357 e. The van der Waals surface area contributed by atoms with Crippen LogP contribution in [0, 0.1) is 0 Å². The highest BCUT2D eigenvalue weighted by atomic mass is 32.1. The van der Waals surface area contributed by atoms with Gasteiger partial charge >= 0.3 is 5.97 Å². The number of esters is 1. The van der Waals surface area contributed by atoms with Crippen molar-refractivity contribution < 1.29 is 23.9 Å². The first-order chi connectivity index (χ1) is 20.3. The topological polar surface area (TPSA) is 133 Å². The fraction of sp³-hybridized carbons (Fsp3) is 0.250. The number of aromatic nitrogens is 1. The molecule has 0 aliphatic carbocycles. The molecule has 2 aromatic carbocycles. The first-order valence-electron chi connectivity index (χ1n) is 13.7. The molecule has 4 aromatic rings. The average Bonchev–Trinajstić information content (AvgIpc) is 3.40. The molecular formula is C32H32N4O5S. The van der Waals surface area contributed by atoms with Gasteiger partial charge in [-0.3, -0.25) is 9.59 Å². The van der Waals surface area contributed by atoms with Crippen LogP contribution >= 0.6 is 11.3 Å². The molecule has 0 radical (unpaired) electrons. The van der Waals surface area contributed by atoms with E-state index in [1.165, 1.54) is 13.2 Å². The number of ether oxygens (including phenoxy) is 2. The van der Waals surface area contributed by atoms with Crippen molar-refractivity contribution in [2.45, 2.75) is 32.7 Å². The average molecular weight is 585 g/mol. The van der Waals surface area contributed by atoms with Crippen molar-refractivity contribution in [3.05, 3.63) is 88.1 Å². The summed E-state index contributed by atoms with van der Waals surface area (Å²) in [4.78, 5) is 45.0. The predicted octanol–water partition coefficient (Wildman–Crippen LogP) is 5.61. The molecule has 4 N–H and O–H groups in total. The number of rotatable bonds is 8. The van der Waals surface area contributed by atoms with Crippen LogP contribution in [0.15, 0.2) is 60.0 Å². The molecule has 216 valence electrons. The molecule has 1 unspecified atom stereocenters. The minimum atomic E-state index is -0.732. The van der Waals surface area contributed by atoms with E-state index in [9.17, 15) is 14.4 Å². The maximum absolute atomic E-state index is 13.9. The van der Waals surface area contributed by atoms with Crippen LogP contribution in [0.1, 0.15) is 68.8 Å². The largest absolute Gasteiger partial charge is 0.493 e. The zero-order chi connectivity index (χ0) is 29.8. The van der Waals surface area contributed by atoms with Crippen LogP contribution in [0.3, 0.4) is 0 Å². The summed E-state index contributed by atoms with van der Waals surface area (Å²) < 4.78 is 11.2. The summed E-state index contributed by atoms with van der Waals surface area (Å²) in [5, 5.41) is 7.77. The van der Waals surface area contributed by atoms with E-state index in [1.54, 1.807) is 41.7 Å². The van der Waals surface area contributed by atoms with Gasteiger partial charge in [-0.25, -0.2) is 9.78 Å². The van der Waals surface area contributed by atoms with Crippen molar-refractivity contribution >= 4 is 34.8 Å². The Labute approximate surface area is 248 Å². The van der Waals surface area contributed by atoms with Gasteiger partial charge in [-0.05, 0) is 72.3 Å². The highest BCUT2D eigenvalue weighted by molar-refractivity contribution is 7.13. The van der Waals surface area contributed by atoms with Crippen LogP contribution in [0.25, 0.3) is 21.6 Å². The number of benzene rings is 2. The summed E-state index contributed by atoms with van der Waals surface area (Å²) in [6, 6.07) is 16.0. The molecule has 2 amide bonds. The number of carbonyl (C=O) groups excluding carboxylic acids is 3. The SMILES string of the molecule is CCCNC(=O)c1ccc(-c2cc3c(cc2C(=O)Nc2ccc(C(C)N)cc2)-c2sccc2CCO3)c(C(=O)OC)n1. The lowest BCUT2D eigenvalue weighted by molar-refractivity contribution is 0.0594. The summed E-state index contributed by atoms with van der Waals surface area (Å²) >= 11 is 1.58. The maximum Gasteiger partial charge on any atom is 0.357 e. The number of carbonyl (C=O) groups is 3. The van der Waals surface area contributed by atoms with Crippen molar-refractivity contribution in [1.82, 2.24) is 10.3 Å². The number of nitrogens with one attached hydrogen (secondary N) is 2. The molecule has 0 saturated carbocycles. The van der Waals surface area contributed by atoms with Crippen LogP contribution in [-0.4, -0.2) is 43.0 Å². The van der Waals surface area contributed by atoms with Crippen molar-refractivity contribution in [3.8, 4) is 27.3 Å². The summed E-state index contributed by atoms with van der Waals surface area (Å²) in [6.07, 6.45) is 1.48. The lowest BCUT2D eigenvalue weighted by atomic mass is 9.93. The van der Waals surface area contributed by atoms with Gasteiger partial charge in [-0.2, -0.15) is 0 Å². The van der Waals surface area contributed by atoms with E-state index in [2.05, 4.69) is 21.7 Å². The third-order valence-corrected chi connectivity index (χ3v) is 8.00. The maximum atomic E-state index is 13.9. The summed E-state index contributed by atoms with van der Waals surface area (Å²) in [7, 11) is 1.25. The highest BCUT2D eigenvalue weighted by Crippen LogP contribution is 2.43. The quantitative estimate of drug-likeness (QED) is 0.229. The number of thiophene rings is 1. The Morgan fingerprint density at radius 3 is 2.55 bits per heavy atom. The number of anilines is 1. The Kier molecular flexibility index (Phi) is 8.65. The van der Waals surface area contributed by atoms with E-state index in [0.717, 1.165) is 34.4 Å². The van der Waals surface area contributed by atoms with Gasteiger partial charge in [0.1, 0.15) is 11.4 Å². The molecule has 10 heteroatoms. The molecule has 0 fully saturated rings. The molecule has 1 aliphatic heterocycles. The van der Waals surface area contributed by atoms with E-state index < -0.39 is 11.9 Å². The van der Waals surface area contributed by atoms with Crippen molar-refractivity contribution in [3.63, 3.8) is 0 Å². The lowest BCUT2D eigenvalue weighted by Crippen LogP contribution is -2.26. The van der Waals surface area contributed by atoms with Crippen LogP contribution < -0.4 is 21.1 Å². The van der Waals surface area contributed by atoms with Gasteiger partial charge < -0.3 is 25.8 Å². The summed E-state index contributed by atoms with van der Waals surface area (Å²) in [5.41, 5.74) is 10.5. The lowest BCUT2D eigenvalue weighted by Gasteiger charge is -2.17. The molecule has 0 spiro atoms. The van der Waals surface area contributed by atoms with Crippen molar-refractivity contribution in [1.29, 1.82) is 0 Å². The van der Waals surface area contributed by atoms with Gasteiger partial charge in [-0.15, -0.1) is 11.3 Å². The third-order valence-electron chi connectivity index (χ3n) is 7.01. The Balaban J connectivity index is 1.65. The van der Waals surface area contributed by atoms with E-state index in [1.807, 2.05) is 31.4 Å². The number of pyridine rings is 1. The van der Waals surface area contributed by atoms with Crippen molar-refractivity contribution in [2.24, 2.45) is 5.73 Å². The molecule has 1 atom stereocenters. The molecular weight excluding hydrogens is 552 g/mol. The molecule has 2 aromatic heterocycles. The molecule has 0 bridgehead atoms. The van der Waals surface area contributed by atoms with Crippen molar-refractivity contribution in [2.75, 3.05) is 25.6 Å². The first-order valence-corrected chi connectivity index (χ1v) is 14.6. The summed E-state index contributed by atoms with van der Waals surface area (Å²) in [6.45, 7) is 4.77. The zero-order valence-electron chi connectivity index (χ0n) is 23.7. The number of fused-ring (bicyclic) bond motifs is 3. The van der Waals surface area contributed by atoms with Gasteiger partial charge in [0.2, 0.25) is 0 Å². The number of nitrogens with zero attached hydrogens (tertiary/aromatic N) is 1. The number of hydrogen-bond acceptors (Lipinski definition) is 8. The number of methoxy groups -OCH3 is 1. The number of amides is 2. The van der Waals surface area contributed by atoms with Gasteiger partial charge in [-0.1, -0.05) is 19.1 Å². The monoisotopic (exact) mass is 584 g/mol. The van der Waals surface area contributed by atoms with Gasteiger partial charge in [0, 0.05) is 51.8 Å². The minimum absolute atomic E-state index is 0.0714. The zero-order valence-corrected chi connectivity index (χ0v) is 24.5. The molecule has 3 heterocycles. The molecule has 5 rings (SSSR count). The number of hydrogen-bond donors (Lipinski definition) is 3. The van der Waals surface area contributed by atoms with Gasteiger partial charge in [0.15, 0.2) is 5.69 Å². The van der Waals surface area contributed by atoms with Crippen LogP contribution in [0.2, 0.25) is 0 Å². The normalized spacial score (nSPS) is 12.7. The molecule has 1 aliphatic rings. The van der Waals surface area contributed by atoms with E-state index in [0.29, 0.717) is 41.3 Å². The Hall–Kier alpha value is -4.54. The van der Waals surface area contributed by atoms with Crippen LogP contribution in [-0.2, 0) is 11.2 Å². The summed E-state index contributed by atoms with van der Waals surface area (Å²) in [5.74, 6) is -0.935. The standard InChI is InChI=1S/C32H32N4O5S/c1-4-13-34-31(38)26-10-9-22(28(36-26)32(39)40-3)23-17-27-25(29-20(11-14-41-27)12-15-42-29)16-24(23)30(37)35-21-7-5-19(6-8-21)18(2)33/h5-10,12,15-18H,4,11,13-14,33H2,1-3H3,(H,34,38)(H,35,37). The van der Waals surface area contributed by atoms with Crippen LogP contribution in [0.4, 0.5) is 5.69 Å². The first kappa shape index (κ1) is 29.0. The second-order valence-electron chi connectivity index (χ2n) is 9.97. The van der Waals surface area contributed by atoms with Crippen LogP contribution in [0.5, 0.6) is 5.75 Å². The Bertz CT molecular complexity index is 1650. The molecule has 9 nitrogen and oxygen atoms in total. The van der Waals surface area contributed by atoms with E-state index in [-0.39, 0.29) is 23.3 Å². The highest BCUT2D eigenvalue weighted by Gasteiger charge is 2.27. The Morgan fingerprint density at radius 1 is 1.05 bits per heavy atom. The minimum Gasteiger partial charge on any atom is -0.493 e. The van der Waals surface area contributed by atoms with E-state index >= 15 is 0 Å². The Morgan fingerprint density at radius 2 is 1.83 bits per heavy atom. The number of nitrogens with two attached hydrogens (primary N) is 1. The second kappa shape index (κ2) is 12.5. The van der Waals surface area contributed by atoms with E-state index in [4.69, 9.17) is 15.2 Å². The third kappa shape index (κ3) is 5.90. The fourth-order valence-electron chi connectivity index (χ4n) is 4.78. The second-order valence-corrected chi connectivity index (χ2v) is 10.9. The van der Waals surface area contributed by atoms with Gasteiger partial charge in [0.25, 0.3) is 11.8 Å².